The zero-order valence-corrected chi connectivity index (χ0v) is 18.3. The summed E-state index contributed by atoms with van der Waals surface area (Å²) in [6, 6.07) is 16.5. The molecular formula is C23H19FN4O4S. The number of aromatic nitrogens is 2. The third-order valence-corrected chi connectivity index (χ3v) is 6.35. The SMILES string of the molecule is Cc1cc(F)ccc1S(=O)(=O)Nc1ccccc1C(=O)OCc1nc(N)c2ccccc2n1. The molecule has 0 amide bonds. The van der Waals surface area contributed by atoms with Crippen molar-refractivity contribution in [1.29, 1.82) is 0 Å². The van der Waals surface area contributed by atoms with E-state index in [1.165, 1.54) is 19.1 Å². The largest absolute Gasteiger partial charge is 0.454 e. The molecule has 0 saturated carbocycles. The number of nitrogen functional groups attached to an aromatic ring is 1. The van der Waals surface area contributed by atoms with E-state index in [1.54, 1.807) is 30.3 Å². The van der Waals surface area contributed by atoms with Crippen LogP contribution in [0.1, 0.15) is 21.7 Å². The first-order valence-electron chi connectivity index (χ1n) is 9.81. The van der Waals surface area contributed by atoms with Gasteiger partial charge in [0.25, 0.3) is 10.0 Å². The standard InChI is InChI=1S/C23H19FN4O4S/c1-14-12-15(24)10-11-20(14)33(30,31)28-19-9-5-3-7-17(19)23(29)32-13-21-26-18-8-4-2-6-16(18)22(25)27-21/h2-12,28H,13H2,1H3,(H2,25,26,27). The van der Waals surface area contributed by atoms with Crippen molar-refractivity contribution >= 4 is 38.4 Å². The quantitative estimate of drug-likeness (QED) is 0.414. The Morgan fingerprint density at radius 2 is 1.79 bits per heavy atom. The fourth-order valence-electron chi connectivity index (χ4n) is 3.29. The van der Waals surface area contributed by atoms with Gasteiger partial charge in [-0.25, -0.2) is 27.6 Å². The lowest BCUT2D eigenvalue weighted by atomic mass is 10.2. The summed E-state index contributed by atoms with van der Waals surface area (Å²) in [6.07, 6.45) is 0. The van der Waals surface area contributed by atoms with Gasteiger partial charge in [-0.2, -0.15) is 0 Å². The molecule has 3 aromatic carbocycles. The number of nitrogens with one attached hydrogen (secondary N) is 1. The van der Waals surface area contributed by atoms with Crippen LogP contribution in [0.15, 0.2) is 71.6 Å². The lowest BCUT2D eigenvalue weighted by molar-refractivity contribution is 0.0464. The predicted molar refractivity (Wildman–Crippen MR) is 121 cm³/mol. The molecule has 0 aliphatic carbocycles. The van der Waals surface area contributed by atoms with Crippen LogP contribution in [0.5, 0.6) is 0 Å². The molecular weight excluding hydrogens is 447 g/mol. The highest BCUT2D eigenvalue weighted by molar-refractivity contribution is 7.92. The minimum Gasteiger partial charge on any atom is -0.454 e. The Bertz CT molecular complexity index is 1470. The van der Waals surface area contributed by atoms with E-state index < -0.39 is 21.8 Å². The molecule has 33 heavy (non-hydrogen) atoms. The summed E-state index contributed by atoms with van der Waals surface area (Å²) in [6.45, 7) is 1.22. The highest BCUT2D eigenvalue weighted by atomic mass is 32.2. The maximum absolute atomic E-state index is 13.4. The van der Waals surface area contributed by atoms with Crippen molar-refractivity contribution < 1.29 is 22.3 Å². The van der Waals surface area contributed by atoms with Crippen LogP contribution in [0.2, 0.25) is 0 Å². The summed E-state index contributed by atoms with van der Waals surface area (Å²) in [5.74, 6) is -0.861. The van der Waals surface area contributed by atoms with E-state index in [2.05, 4.69) is 14.7 Å². The minimum absolute atomic E-state index is 0.00500. The number of carbonyl (C=O) groups is 1. The smallest absolute Gasteiger partial charge is 0.340 e. The molecule has 1 aromatic heterocycles. The lowest BCUT2D eigenvalue weighted by Crippen LogP contribution is -2.17. The second kappa shape index (κ2) is 8.83. The average molecular weight is 466 g/mol. The molecule has 0 spiro atoms. The third-order valence-electron chi connectivity index (χ3n) is 4.83. The summed E-state index contributed by atoms with van der Waals surface area (Å²) in [5.41, 5.74) is 6.81. The summed E-state index contributed by atoms with van der Waals surface area (Å²) in [5, 5.41) is 0.684. The monoisotopic (exact) mass is 466 g/mol. The normalized spacial score (nSPS) is 11.3. The van der Waals surface area contributed by atoms with Gasteiger partial charge in [0.05, 0.1) is 21.7 Å². The Morgan fingerprint density at radius 1 is 1.06 bits per heavy atom. The van der Waals surface area contributed by atoms with Gasteiger partial charge in [-0.1, -0.05) is 24.3 Å². The van der Waals surface area contributed by atoms with Gasteiger partial charge in [-0.05, 0) is 55.0 Å². The highest BCUT2D eigenvalue weighted by Gasteiger charge is 2.21. The summed E-state index contributed by atoms with van der Waals surface area (Å²) in [7, 11) is -4.08. The molecule has 0 atom stereocenters. The molecule has 0 fully saturated rings. The molecule has 10 heteroatoms. The lowest BCUT2D eigenvalue weighted by Gasteiger charge is -2.13. The van der Waals surface area contributed by atoms with Crippen molar-refractivity contribution in [3.8, 4) is 0 Å². The number of benzene rings is 3. The van der Waals surface area contributed by atoms with Gasteiger partial charge in [0, 0.05) is 5.39 Å². The van der Waals surface area contributed by atoms with Crippen molar-refractivity contribution in [2.75, 3.05) is 10.5 Å². The van der Waals surface area contributed by atoms with Crippen molar-refractivity contribution in [1.82, 2.24) is 9.97 Å². The first kappa shape index (κ1) is 22.2. The molecule has 0 unspecified atom stereocenters. The number of anilines is 2. The van der Waals surface area contributed by atoms with Crippen LogP contribution in [0.3, 0.4) is 0 Å². The van der Waals surface area contributed by atoms with E-state index in [9.17, 15) is 17.6 Å². The number of carbonyl (C=O) groups excluding carboxylic acids is 1. The predicted octanol–water partition coefficient (Wildman–Crippen LogP) is 3.82. The molecule has 4 aromatic rings. The van der Waals surface area contributed by atoms with Crippen LogP contribution >= 0.6 is 0 Å². The number of nitrogens with zero attached hydrogens (tertiary/aromatic N) is 2. The molecule has 168 valence electrons. The maximum Gasteiger partial charge on any atom is 0.340 e. The molecule has 4 rings (SSSR count). The van der Waals surface area contributed by atoms with Gasteiger partial charge in [0.2, 0.25) is 0 Å². The van der Waals surface area contributed by atoms with E-state index in [1.807, 2.05) is 6.07 Å². The number of fused-ring (bicyclic) bond motifs is 1. The number of nitrogens with two attached hydrogens (primary N) is 1. The van der Waals surface area contributed by atoms with Crippen molar-refractivity contribution in [3.05, 3.63) is 89.5 Å². The van der Waals surface area contributed by atoms with Gasteiger partial charge in [-0.15, -0.1) is 0 Å². The van der Waals surface area contributed by atoms with Gasteiger partial charge in [-0.3, -0.25) is 4.72 Å². The first-order chi connectivity index (χ1) is 15.7. The van der Waals surface area contributed by atoms with E-state index in [4.69, 9.17) is 10.5 Å². The zero-order valence-electron chi connectivity index (χ0n) is 17.4. The summed E-state index contributed by atoms with van der Waals surface area (Å²) in [4.78, 5) is 21.1. The van der Waals surface area contributed by atoms with E-state index >= 15 is 0 Å². The Hall–Kier alpha value is -4.05. The molecule has 0 bridgehead atoms. The summed E-state index contributed by atoms with van der Waals surface area (Å²) >= 11 is 0. The second-order valence-corrected chi connectivity index (χ2v) is 8.83. The van der Waals surface area contributed by atoms with Crippen LogP contribution in [0, 0.1) is 12.7 Å². The molecule has 0 aliphatic heterocycles. The number of esters is 1. The van der Waals surface area contributed by atoms with Gasteiger partial charge < -0.3 is 10.5 Å². The van der Waals surface area contributed by atoms with Crippen LogP contribution < -0.4 is 10.5 Å². The van der Waals surface area contributed by atoms with E-state index in [0.29, 0.717) is 10.9 Å². The molecule has 3 N–H and O–H groups in total. The van der Waals surface area contributed by atoms with Crippen molar-refractivity contribution in [2.24, 2.45) is 0 Å². The Balaban J connectivity index is 1.55. The number of ether oxygens (including phenoxy) is 1. The van der Waals surface area contributed by atoms with Gasteiger partial charge >= 0.3 is 5.97 Å². The molecule has 0 saturated heterocycles. The Labute approximate surface area is 189 Å². The molecule has 1 heterocycles. The number of para-hydroxylation sites is 2. The van der Waals surface area contributed by atoms with Gasteiger partial charge in [0.1, 0.15) is 11.6 Å². The molecule has 8 nitrogen and oxygen atoms in total. The zero-order chi connectivity index (χ0) is 23.6. The maximum atomic E-state index is 13.4. The summed E-state index contributed by atoms with van der Waals surface area (Å²) < 4.78 is 46.7. The minimum atomic E-state index is -4.08. The fraction of sp³-hybridized carbons (Fsp3) is 0.0870. The average Bonchev–Trinajstić information content (AvgIpc) is 2.77. The number of rotatable bonds is 6. The van der Waals surface area contributed by atoms with Gasteiger partial charge in [0.15, 0.2) is 12.4 Å². The van der Waals surface area contributed by atoms with Crippen LogP contribution in [-0.2, 0) is 21.4 Å². The van der Waals surface area contributed by atoms with E-state index in [0.717, 1.165) is 18.2 Å². The van der Waals surface area contributed by atoms with Crippen LogP contribution in [-0.4, -0.2) is 24.4 Å². The number of halogens is 1. The highest BCUT2D eigenvalue weighted by Crippen LogP contribution is 2.24. The number of hydrogen-bond acceptors (Lipinski definition) is 7. The Kier molecular flexibility index (Phi) is 5.93. The number of sulfonamides is 1. The van der Waals surface area contributed by atoms with E-state index in [-0.39, 0.29) is 40.0 Å². The molecule has 0 radical (unpaired) electrons. The van der Waals surface area contributed by atoms with Crippen molar-refractivity contribution in [3.63, 3.8) is 0 Å². The topological polar surface area (TPSA) is 124 Å². The fourth-order valence-corrected chi connectivity index (χ4v) is 4.60. The second-order valence-electron chi connectivity index (χ2n) is 7.18. The van der Waals surface area contributed by atoms with Crippen LogP contribution in [0.25, 0.3) is 10.9 Å². The Morgan fingerprint density at radius 3 is 2.58 bits per heavy atom. The first-order valence-corrected chi connectivity index (χ1v) is 11.3. The van der Waals surface area contributed by atoms with Crippen LogP contribution in [0.4, 0.5) is 15.9 Å². The number of aryl methyl sites for hydroxylation is 1. The number of hydrogen-bond donors (Lipinski definition) is 2. The van der Waals surface area contributed by atoms with Crippen molar-refractivity contribution in [2.45, 2.75) is 18.4 Å². The molecule has 0 aliphatic rings. The third kappa shape index (κ3) is 4.75.